The SMILES string of the molecule is [C-]#[N+]CCOP(=S)(CC[C@H]1O[C@@H](n2cc(C)c(NC(=O)c3ccccc3)nc2=O)C[C@H]1OC)O[C@@H]1C[C@H](n2cc(C)c(=O)[nH]c2=O)O[C@@H]1CO. The molecule has 18 heteroatoms. The first-order valence-corrected chi connectivity index (χ1v) is 18.8. The molecule has 1 amide bonds. The number of methoxy groups -OCH3 is 1. The molecule has 3 N–H and O–H groups in total. The average Bonchev–Trinajstić information content (AvgIpc) is 3.71. The zero-order valence-corrected chi connectivity index (χ0v) is 29.4. The van der Waals surface area contributed by atoms with Crippen molar-refractivity contribution in [3.05, 3.63) is 102 Å². The summed E-state index contributed by atoms with van der Waals surface area (Å²) in [5.74, 6) is -0.246. The predicted molar refractivity (Wildman–Crippen MR) is 185 cm³/mol. The number of benzene rings is 1. The van der Waals surface area contributed by atoms with Gasteiger partial charge in [-0.2, -0.15) is 4.98 Å². The van der Waals surface area contributed by atoms with Gasteiger partial charge in [0, 0.05) is 55.2 Å². The number of aromatic amines is 1. The Balaban J connectivity index is 1.28. The molecule has 0 radical (unpaired) electrons. The third kappa shape index (κ3) is 8.71. The van der Waals surface area contributed by atoms with Crippen LogP contribution in [0.1, 0.15) is 53.2 Å². The van der Waals surface area contributed by atoms with Gasteiger partial charge in [-0.05, 0) is 44.2 Å². The molecule has 2 aromatic heterocycles. The quantitative estimate of drug-likeness (QED) is 0.125. The summed E-state index contributed by atoms with van der Waals surface area (Å²) in [6.45, 7) is 6.96. The molecule has 2 aliphatic rings. The van der Waals surface area contributed by atoms with Crippen molar-refractivity contribution in [3.8, 4) is 0 Å². The van der Waals surface area contributed by atoms with Crippen LogP contribution < -0.4 is 22.3 Å². The number of carbonyl (C=O) groups excluding carboxylic acids is 1. The van der Waals surface area contributed by atoms with Crippen LogP contribution in [0.2, 0.25) is 0 Å². The number of nitrogens with zero attached hydrogens (tertiary/aromatic N) is 4. The average molecular weight is 731 g/mol. The monoisotopic (exact) mass is 730 g/mol. The number of aliphatic hydroxyl groups excluding tert-OH is 1. The molecule has 0 saturated carbocycles. The summed E-state index contributed by atoms with van der Waals surface area (Å²) < 4.78 is 33.0. The summed E-state index contributed by atoms with van der Waals surface area (Å²) in [6.07, 6.45) is -0.133. The van der Waals surface area contributed by atoms with E-state index in [2.05, 4.69) is 20.1 Å². The molecule has 2 aliphatic heterocycles. The normalized spacial score (nSPS) is 24.5. The highest BCUT2D eigenvalue weighted by Gasteiger charge is 2.42. The maximum atomic E-state index is 13.1. The molecule has 2 fully saturated rings. The largest absolute Gasteiger partial charge is 0.394 e. The first kappa shape index (κ1) is 37.4. The lowest BCUT2D eigenvalue weighted by Gasteiger charge is -2.28. The summed E-state index contributed by atoms with van der Waals surface area (Å²) in [5.41, 5.74) is -0.486. The van der Waals surface area contributed by atoms with Gasteiger partial charge >= 0.3 is 11.4 Å². The van der Waals surface area contributed by atoms with Crippen LogP contribution in [0, 0.1) is 20.4 Å². The van der Waals surface area contributed by atoms with Gasteiger partial charge in [-0.1, -0.05) is 18.2 Å². The Morgan fingerprint density at radius 3 is 2.48 bits per heavy atom. The summed E-state index contributed by atoms with van der Waals surface area (Å²) >= 11 is 5.94. The molecule has 0 spiro atoms. The molecule has 2 saturated heterocycles. The van der Waals surface area contributed by atoms with E-state index in [0.29, 0.717) is 29.5 Å². The molecule has 4 heterocycles. The van der Waals surface area contributed by atoms with Crippen molar-refractivity contribution in [2.45, 2.75) is 70.0 Å². The molecule has 16 nitrogen and oxygen atoms in total. The van der Waals surface area contributed by atoms with Crippen molar-refractivity contribution in [3.63, 3.8) is 0 Å². The highest BCUT2D eigenvalue weighted by atomic mass is 32.5. The number of ether oxygens (including phenoxy) is 3. The summed E-state index contributed by atoms with van der Waals surface area (Å²) in [4.78, 5) is 59.9. The zero-order valence-electron chi connectivity index (χ0n) is 27.7. The van der Waals surface area contributed by atoms with Crippen LogP contribution in [-0.4, -0.2) is 87.6 Å². The van der Waals surface area contributed by atoms with E-state index in [4.69, 9.17) is 41.6 Å². The minimum absolute atomic E-state index is 0.0233. The lowest BCUT2D eigenvalue weighted by molar-refractivity contribution is -0.0431. The van der Waals surface area contributed by atoms with E-state index in [1.807, 2.05) is 0 Å². The second kappa shape index (κ2) is 16.4. The van der Waals surface area contributed by atoms with Crippen LogP contribution in [0.4, 0.5) is 5.82 Å². The van der Waals surface area contributed by atoms with Gasteiger partial charge in [-0.15, -0.1) is 0 Å². The summed E-state index contributed by atoms with van der Waals surface area (Å²) in [5, 5.41) is 12.8. The van der Waals surface area contributed by atoms with Gasteiger partial charge in [-0.25, -0.2) is 16.2 Å². The molecular formula is C32H39N6O10PS. The Kier molecular flexibility index (Phi) is 12.3. The first-order valence-electron chi connectivity index (χ1n) is 15.9. The topological polar surface area (TPSA) is 190 Å². The molecule has 5 rings (SSSR count). The molecular weight excluding hydrogens is 691 g/mol. The Labute approximate surface area is 292 Å². The van der Waals surface area contributed by atoms with Crippen LogP contribution in [0.3, 0.4) is 0 Å². The predicted octanol–water partition coefficient (Wildman–Crippen LogP) is 2.27. The summed E-state index contributed by atoms with van der Waals surface area (Å²) in [7, 11) is 1.54. The van der Waals surface area contributed by atoms with Gasteiger partial charge in [0.1, 0.15) is 31.0 Å². The number of hydrogen-bond donors (Lipinski definition) is 3. The lowest BCUT2D eigenvalue weighted by Crippen LogP contribution is -2.33. The van der Waals surface area contributed by atoms with Crippen LogP contribution in [0.25, 0.3) is 4.85 Å². The van der Waals surface area contributed by atoms with Crippen LogP contribution in [-0.2, 0) is 35.1 Å². The fourth-order valence-electron chi connectivity index (χ4n) is 5.86. The van der Waals surface area contributed by atoms with Crippen LogP contribution in [0.5, 0.6) is 0 Å². The third-order valence-corrected chi connectivity index (χ3v) is 11.6. The third-order valence-electron chi connectivity index (χ3n) is 8.49. The Bertz CT molecular complexity index is 1950. The molecule has 1 unspecified atom stereocenters. The second-order valence-electron chi connectivity index (χ2n) is 11.9. The maximum absolute atomic E-state index is 13.1. The number of anilines is 1. The number of H-pyrrole nitrogens is 1. The molecule has 1 aromatic carbocycles. The maximum Gasteiger partial charge on any atom is 0.351 e. The second-order valence-corrected chi connectivity index (χ2v) is 15.7. The lowest BCUT2D eigenvalue weighted by atomic mass is 10.1. The van der Waals surface area contributed by atoms with E-state index in [-0.39, 0.29) is 31.6 Å². The minimum Gasteiger partial charge on any atom is -0.394 e. The van der Waals surface area contributed by atoms with Crippen LogP contribution in [0.15, 0.2) is 57.1 Å². The molecule has 7 atom stereocenters. The highest BCUT2D eigenvalue weighted by Crippen LogP contribution is 2.53. The van der Waals surface area contributed by atoms with Gasteiger partial charge in [0.2, 0.25) is 6.54 Å². The fourth-order valence-corrected chi connectivity index (χ4v) is 8.59. The molecule has 0 aliphatic carbocycles. The standard InChI is InChI=1S/C32H39N6O10PS/c1-19-16-37(31(42)35-28(19)34-30(41)21-8-6-5-7-9-21)26-14-23(44-4)22(46-26)10-13-49(50,45-12-11-33-3)48-24-15-27(47-25(24)18-39)38-17-20(2)29(40)36-32(38)43/h5-9,16-17,22-27,39H,10-15,18H2,1-2,4H3,(H,36,40,43)(H,34,35,41,42)/t22-,23-,24-,25-,26-,27-,49?/m1/s1. The van der Waals surface area contributed by atoms with Crippen molar-refractivity contribution >= 4 is 30.0 Å². The number of aliphatic hydroxyl groups is 1. The first-order chi connectivity index (χ1) is 23.9. The fraction of sp³-hybridized carbons (Fsp3) is 0.500. The van der Waals surface area contributed by atoms with Gasteiger partial charge in [0.25, 0.3) is 11.5 Å². The van der Waals surface area contributed by atoms with E-state index in [9.17, 15) is 24.3 Å². The number of rotatable bonds is 14. The minimum atomic E-state index is -3.14. The Morgan fingerprint density at radius 1 is 1.10 bits per heavy atom. The van der Waals surface area contributed by atoms with Gasteiger partial charge in [0.15, 0.2) is 6.49 Å². The number of amides is 1. The Morgan fingerprint density at radius 2 is 1.78 bits per heavy atom. The van der Waals surface area contributed by atoms with E-state index in [1.54, 1.807) is 57.5 Å². The zero-order chi connectivity index (χ0) is 36.0. The number of nitrogens with one attached hydrogen (secondary N) is 2. The number of carbonyl (C=O) groups is 1. The van der Waals surface area contributed by atoms with Crippen molar-refractivity contribution in [1.82, 2.24) is 19.1 Å². The number of aryl methyl sites for hydroxylation is 2. The van der Waals surface area contributed by atoms with E-state index < -0.39 is 72.8 Å². The molecule has 0 bridgehead atoms. The van der Waals surface area contributed by atoms with Crippen molar-refractivity contribution in [2.24, 2.45) is 0 Å². The van der Waals surface area contributed by atoms with E-state index in [0.717, 1.165) is 0 Å². The number of hydrogen-bond acceptors (Lipinski definition) is 12. The van der Waals surface area contributed by atoms with Crippen molar-refractivity contribution in [2.75, 3.05) is 38.3 Å². The van der Waals surface area contributed by atoms with Crippen molar-refractivity contribution in [1.29, 1.82) is 0 Å². The summed E-state index contributed by atoms with van der Waals surface area (Å²) in [6, 6.07) is 8.59. The molecule has 50 heavy (non-hydrogen) atoms. The van der Waals surface area contributed by atoms with Crippen molar-refractivity contribution < 1.29 is 33.2 Å². The van der Waals surface area contributed by atoms with Gasteiger partial charge < -0.3 is 38.5 Å². The molecule has 268 valence electrons. The van der Waals surface area contributed by atoms with E-state index in [1.165, 1.54) is 15.3 Å². The van der Waals surface area contributed by atoms with Gasteiger partial charge in [-0.3, -0.25) is 23.7 Å². The van der Waals surface area contributed by atoms with Crippen LogP contribution >= 0.6 is 6.49 Å². The number of aromatic nitrogens is 4. The smallest absolute Gasteiger partial charge is 0.351 e. The highest BCUT2D eigenvalue weighted by molar-refractivity contribution is 8.09. The Hall–Kier alpha value is -3.85. The van der Waals surface area contributed by atoms with E-state index >= 15 is 0 Å². The molecule has 3 aromatic rings. The van der Waals surface area contributed by atoms with Gasteiger partial charge in [0.05, 0.1) is 24.9 Å².